The molecule has 1 aromatic rings. The van der Waals surface area contributed by atoms with Crippen LogP contribution in [0.5, 0.6) is 0 Å². The molecule has 5 heteroatoms. The molecule has 0 radical (unpaired) electrons. The second-order valence-electron chi connectivity index (χ2n) is 4.85. The van der Waals surface area contributed by atoms with E-state index in [1.807, 2.05) is 0 Å². The van der Waals surface area contributed by atoms with E-state index < -0.39 is 5.97 Å². The molecule has 0 atom stereocenters. The average Bonchev–Trinajstić information content (AvgIpc) is 2.94. The molecule has 2 rings (SSSR count). The largest absolute Gasteiger partial charge is 0.465 e. The zero-order valence-corrected chi connectivity index (χ0v) is 11.6. The first-order valence-electron chi connectivity index (χ1n) is 6.77. The van der Waals surface area contributed by atoms with Gasteiger partial charge in [0.1, 0.15) is 5.82 Å². The Balaban J connectivity index is 2.30. The number of nitrogen functional groups attached to an aromatic ring is 1. The molecule has 0 unspecified atom stereocenters. The van der Waals surface area contributed by atoms with E-state index in [9.17, 15) is 4.79 Å². The predicted molar refractivity (Wildman–Crippen MR) is 75.3 cm³/mol. The first kappa shape index (κ1) is 13.6. The van der Waals surface area contributed by atoms with Crippen LogP contribution in [0.2, 0.25) is 0 Å². The van der Waals surface area contributed by atoms with E-state index in [-0.39, 0.29) is 0 Å². The van der Waals surface area contributed by atoms with E-state index in [4.69, 9.17) is 10.5 Å². The summed E-state index contributed by atoms with van der Waals surface area (Å²) in [6, 6.07) is 2.26. The van der Waals surface area contributed by atoms with E-state index in [1.165, 1.54) is 32.8 Å². The second-order valence-corrected chi connectivity index (χ2v) is 4.85. The van der Waals surface area contributed by atoms with Gasteiger partial charge >= 0.3 is 5.97 Å². The van der Waals surface area contributed by atoms with E-state index in [1.54, 1.807) is 12.3 Å². The lowest BCUT2D eigenvalue weighted by atomic mass is 10.1. The number of ether oxygens (including phenoxy) is 1. The molecule has 19 heavy (non-hydrogen) atoms. The summed E-state index contributed by atoms with van der Waals surface area (Å²) in [5, 5.41) is 0. The Kier molecular flexibility index (Phi) is 4.24. The number of esters is 1. The van der Waals surface area contributed by atoms with Gasteiger partial charge in [-0.2, -0.15) is 0 Å². The SMILES string of the molecule is CCN(c1cc(C(=O)OC)c(N)cn1)C1CCCC1. The molecule has 0 aromatic carbocycles. The maximum absolute atomic E-state index is 11.7. The number of pyridine rings is 1. The molecule has 2 N–H and O–H groups in total. The summed E-state index contributed by atoms with van der Waals surface area (Å²) in [6.45, 7) is 2.98. The summed E-state index contributed by atoms with van der Waals surface area (Å²) in [4.78, 5) is 18.3. The van der Waals surface area contributed by atoms with Gasteiger partial charge in [-0.15, -0.1) is 0 Å². The molecule has 1 aliphatic rings. The third-order valence-electron chi connectivity index (χ3n) is 3.73. The van der Waals surface area contributed by atoms with Crippen molar-refractivity contribution in [1.29, 1.82) is 0 Å². The molecule has 1 aliphatic carbocycles. The summed E-state index contributed by atoms with van der Waals surface area (Å²) < 4.78 is 4.75. The molecule has 104 valence electrons. The fraction of sp³-hybridized carbons (Fsp3) is 0.571. The summed E-state index contributed by atoms with van der Waals surface area (Å²) in [5.41, 5.74) is 6.53. The van der Waals surface area contributed by atoms with Gasteiger partial charge in [-0.1, -0.05) is 12.8 Å². The van der Waals surface area contributed by atoms with Crippen LogP contribution in [0.25, 0.3) is 0 Å². The highest BCUT2D eigenvalue weighted by molar-refractivity contribution is 5.95. The van der Waals surface area contributed by atoms with Gasteiger partial charge in [-0.25, -0.2) is 9.78 Å². The fourth-order valence-corrected chi connectivity index (χ4v) is 2.72. The number of nitrogens with two attached hydrogens (primary N) is 1. The Hall–Kier alpha value is -1.78. The van der Waals surface area contributed by atoms with Gasteiger partial charge in [-0.05, 0) is 25.8 Å². The highest BCUT2D eigenvalue weighted by atomic mass is 16.5. The Morgan fingerprint density at radius 2 is 2.21 bits per heavy atom. The van der Waals surface area contributed by atoms with E-state index in [0.717, 1.165) is 12.4 Å². The number of rotatable bonds is 4. The van der Waals surface area contributed by atoms with Crippen molar-refractivity contribution in [3.05, 3.63) is 17.8 Å². The Morgan fingerprint density at radius 3 is 2.79 bits per heavy atom. The molecule has 0 bridgehead atoms. The maximum Gasteiger partial charge on any atom is 0.340 e. The zero-order valence-electron chi connectivity index (χ0n) is 11.6. The van der Waals surface area contributed by atoms with E-state index in [0.29, 0.717) is 17.3 Å². The van der Waals surface area contributed by atoms with Gasteiger partial charge in [0.15, 0.2) is 0 Å². The van der Waals surface area contributed by atoms with Gasteiger partial charge in [-0.3, -0.25) is 0 Å². The third-order valence-corrected chi connectivity index (χ3v) is 3.73. The molecule has 1 aromatic heterocycles. The van der Waals surface area contributed by atoms with Crippen LogP contribution in [0.1, 0.15) is 43.0 Å². The number of methoxy groups -OCH3 is 1. The van der Waals surface area contributed by atoms with Gasteiger partial charge in [0.25, 0.3) is 0 Å². The summed E-state index contributed by atoms with van der Waals surface area (Å²) >= 11 is 0. The van der Waals surface area contributed by atoms with Crippen LogP contribution in [0.3, 0.4) is 0 Å². The fourth-order valence-electron chi connectivity index (χ4n) is 2.72. The number of aromatic nitrogens is 1. The van der Waals surface area contributed by atoms with Crippen LogP contribution in [-0.2, 0) is 4.74 Å². The van der Waals surface area contributed by atoms with Crippen molar-refractivity contribution in [2.75, 3.05) is 24.3 Å². The van der Waals surface area contributed by atoms with E-state index in [2.05, 4.69) is 16.8 Å². The number of carbonyl (C=O) groups excluding carboxylic acids is 1. The first-order chi connectivity index (χ1) is 9.17. The molecule has 0 amide bonds. The van der Waals surface area contributed by atoms with Gasteiger partial charge in [0, 0.05) is 12.6 Å². The van der Waals surface area contributed by atoms with Crippen LogP contribution < -0.4 is 10.6 Å². The van der Waals surface area contributed by atoms with Crippen LogP contribution in [0, 0.1) is 0 Å². The van der Waals surface area contributed by atoms with Crippen molar-refractivity contribution in [3.63, 3.8) is 0 Å². The Bertz CT molecular complexity index is 456. The highest BCUT2D eigenvalue weighted by Crippen LogP contribution is 2.28. The lowest BCUT2D eigenvalue weighted by Gasteiger charge is -2.29. The molecule has 1 fully saturated rings. The Labute approximate surface area is 113 Å². The minimum atomic E-state index is -0.413. The summed E-state index contributed by atoms with van der Waals surface area (Å²) in [7, 11) is 1.36. The molecule has 0 spiro atoms. The normalized spacial score (nSPS) is 15.5. The van der Waals surface area contributed by atoms with Crippen LogP contribution in [0.15, 0.2) is 12.3 Å². The number of nitrogens with zero attached hydrogens (tertiary/aromatic N) is 2. The van der Waals surface area contributed by atoms with Crippen molar-refractivity contribution in [1.82, 2.24) is 4.98 Å². The van der Waals surface area contributed by atoms with Crippen molar-refractivity contribution >= 4 is 17.5 Å². The van der Waals surface area contributed by atoms with Gasteiger partial charge in [0.05, 0.1) is 24.6 Å². The lowest BCUT2D eigenvalue weighted by Crippen LogP contribution is -2.33. The van der Waals surface area contributed by atoms with Crippen molar-refractivity contribution in [3.8, 4) is 0 Å². The first-order valence-corrected chi connectivity index (χ1v) is 6.77. The zero-order chi connectivity index (χ0) is 13.8. The number of hydrogen-bond donors (Lipinski definition) is 1. The smallest absolute Gasteiger partial charge is 0.340 e. The molecular weight excluding hydrogens is 242 g/mol. The second kappa shape index (κ2) is 5.91. The maximum atomic E-state index is 11.7. The van der Waals surface area contributed by atoms with E-state index >= 15 is 0 Å². The topological polar surface area (TPSA) is 68.5 Å². The quantitative estimate of drug-likeness (QED) is 0.844. The third kappa shape index (κ3) is 2.80. The number of carbonyl (C=O) groups is 1. The molecule has 1 saturated carbocycles. The monoisotopic (exact) mass is 263 g/mol. The molecule has 0 aliphatic heterocycles. The van der Waals surface area contributed by atoms with Crippen molar-refractivity contribution in [2.45, 2.75) is 38.6 Å². The standard InChI is InChI=1S/C14H21N3O2/c1-3-17(10-6-4-5-7-10)13-8-11(14(18)19-2)12(15)9-16-13/h8-10H,3-7,15H2,1-2H3. The van der Waals surface area contributed by atoms with Crippen LogP contribution in [0.4, 0.5) is 11.5 Å². The molecule has 1 heterocycles. The minimum absolute atomic E-state index is 0.359. The average molecular weight is 263 g/mol. The van der Waals surface area contributed by atoms with Crippen LogP contribution >= 0.6 is 0 Å². The minimum Gasteiger partial charge on any atom is -0.465 e. The van der Waals surface area contributed by atoms with Gasteiger partial charge in [0.2, 0.25) is 0 Å². The number of hydrogen-bond acceptors (Lipinski definition) is 5. The molecule has 0 saturated heterocycles. The highest BCUT2D eigenvalue weighted by Gasteiger charge is 2.23. The Morgan fingerprint density at radius 1 is 1.53 bits per heavy atom. The van der Waals surface area contributed by atoms with Crippen molar-refractivity contribution in [2.24, 2.45) is 0 Å². The lowest BCUT2D eigenvalue weighted by molar-refractivity contribution is 0.0602. The summed E-state index contributed by atoms with van der Waals surface area (Å²) in [5.74, 6) is 0.396. The molecule has 5 nitrogen and oxygen atoms in total. The van der Waals surface area contributed by atoms with Crippen molar-refractivity contribution < 1.29 is 9.53 Å². The van der Waals surface area contributed by atoms with Gasteiger partial charge < -0.3 is 15.4 Å². The molecular formula is C14H21N3O2. The summed E-state index contributed by atoms with van der Waals surface area (Å²) in [6.07, 6.45) is 6.44. The number of anilines is 2. The van der Waals surface area contributed by atoms with Crippen LogP contribution in [-0.4, -0.2) is 30.6 Å². The predicted octanol–water partition coefficient (Wildman–Crippen LogP) is 2.22.